The van der Waals surface area contributed by atoms with Gasteiger partial charge in [0.1, 0.15) is 5.15 Å². The Morgan fingerprint density at radius 2 is 1.95 bits per heavy atom. The zero-order valence-corrected chi connectivity index (χ0v) is 12.2. The third-order valence-corrected chi connectivity index (χ3v) is 4.35. The van der Waals surface area contributed by atoms with E-state index in [0.29, 0.717) is 26.7 Å². The van der Waals surface area contributed by atoms with Gasteiger partial charge in [-0.15, -0.1) is 0 Å². The number of benzene rings is 1. The van der Waals surface area contributed by atoms with E-state index in [1.54, 1.807) is 22.9 Å². The van der Waals surface area contributed by atoms with E-state index in [-0.39, 0.29) is 6.61 Å². The van der Waals surface area contributed by atoms with Crippen LogP contribution in [0.5, 0.6) is 0 Å². The van der Waals surface area contributed by atoms with Gasteiger partial charge in [-0.25, -0.2) is 4.68 Å². The Labute approximate surface area is 125 Å². The molecular formula is C13H11Cl3N2O. The molecule has 0 bridgehead atoms. The highest BCUT2D eigenvalue weighted by molar-refractivity contribution is 6.42. The second-order valence-corrected chi connectivity index (χ2v) is 5.77. The first-order chi connectivity index (χ1) is 9.11. The summed E-state index contributed by atoms with van der Waals surface area (Å²) in [5.74, 6) is 0.420. The van der Waals surface area contributed by atoms with Gasteiger partial charge in [-0.2, -0.15) is 5.10 Å². The van der Waals surface area contributed by atoms with Gasteiger partial charge in [0.15, 0.2) is 0 Å². The van der Waals surface area contributed by atoms with Crippen LogP contribution in [0.15, 0.2) is 18.2 Å². The summed E-state index contributed by atoms with van der Waals surface area (Å²) in [5.41, 5.74) is 2.33. The summed E-state index contributed by atoms with van der Waals surface area (Å²) in [4.78, 5) is 0. The van der Waals surface area contributed by atoms with Crippen LogP contribution in [0, 0.1) is 0 Å². The third-order valence-electron chi connectivity index (χ3n) is 3.22. The molecule has 1 heterocycles. The molecule has 6 heteroatoms. The normalized spacial score (nSPS) is 14.9. The fourth-order valence-electron chi connectivity index (χ4n) is 2.06. The molecule has 0 radical (unpaired) electrons. The van der Waals surface area contributed by atoms with Crippen LogP contribution >= 0.6 is 34.8 Å². The van der Waals surface area contributed by atoms with Crippen LogP contribution in [-0.2, 0) is 6.61 Å². The maximum atomic E-state index is 9.45. The van der Waals surface area contributed by atoms with Gasteiger partial charge in [-0.1, -0.05) is 34.8 Å². The number of aliphatic hydroxyl groups excluding tert-OH is 1. The van der Waals surface area contributed by atoms with Crippen molar-refractivity contribution in [2.75, 3.05) is 0 Å². The molecule has 1 aromatic heterocycles. The van der Waals surface area contributed by atoms with Crippen molar-refractivity contribution in [1.29, 1.82) is 0 Å². The molecule has 1 aromatic carbocycles. The topological polar surface area (TPSA) is 38.1 Å². The van der Waals surface area contributed by atoms with Crippen molar-refractivity contribution in [1.82, 2.24) is 9.78 Å². The SMILES string of the molecule is OCc1c(C2CC2)nn(-c2ccc(Cl)c(Cl)c2)c1Cl. The maximum absolute atomic E-state index is 9.45. The molecule has 1 saturated carbocycles. The van der Waals surface area contributed by atoms with Gasteiger partial charge in [-0.05, 0) is 31.0 Å². The molecule has 1 aliphatic rings. The summed E-state index contributed by atoms with van der Waals surface area (Å²) in [6.07, 6.45) is 2.20. The molecule has 0 aliphatic heterocycles. The Bertz CT molecular complexity index is 635. The highest BCUT2D eigenvalue weighted by Gasteiger charge is 2.31. The minimum absolute atomic E-state index is 0.105. The maximum Gasteiger partial charge on any atom is 0.138 e. The highest BCUT2D eigenvalue weighted by atomic mass is 35.5. The number of nitrogens with zero attached hydrogens (tertiary/aromatic N) is 2. The van der Waals surface area contributed by atoms with Crippen LogP contribution < -0.4 is 0 Å². The van der Waals surface area contributed by atoms with Crippen molar-refractivity contribution in [3.8, 4) is 5.69 Å². The van der Waals surface area contributed by atoms with Crippen molar-refractivity contribution < 1.29 is 5.11 Å². The molecule has 0 unspecified atom stereocenters. The molecule has 2 aromatic rings. The highest BCUT2D eigenvalue weighted by Crippen LogP contribution is 2.43. The van der Waals surface area contributed by atoms with Crippen LogP contribution in [0.25, 0.3) is 5.69 Å². The number of halogens is 3. The standard InChI is InChI=1S/C13H11Cl3N2O/c14-10-4-3-8(5-11(10)15)18-13(16)9(6-19)12(17-18)7-1-2-7/h3-5,7,19H,1-2,6H2. The molecule has 3 nitrogen and oxygen atoms in total. The first-order valence-electron chi connectivity index (χ1n) is 5.95. The first kappa shape index (κ1) is 13.3. The zero-order chi connectivity index (χ0) is 13.6. The molecular weight excluding hydrogens is 307 g/mol. The quantitative estimate of drug-likeness (QED) is 0.921. The summed E-state index contributed by atoms with van der Waals surface area (Å²) in [6.45, 7) is -0.105. The summed E-state index contributed by atoms with van der Waals surface area (Å²) >= 11 is 18.2. The Balaban J connectivity index is 2.11. The van der Waals surface area contributed by atoms with E-state index >= 15 is 0 Å². The fraction of sp³-hybridized carbons (Fsp3) is 0.308. The Morgan fingerprint density at radius 1 is 1.21 bits per heavy atom. The van der Waals surface area contributed by atoms with E-state index in [2.05, 4.69) is 5.10 Å². The summed E-state index contributed by atoms with van der Waals surface area (Å²) in [5, 5.41) is 15.3. The minimum Gasteiger partial charge on any atom is -0.391 e. The summed E-state index contributed by atoms with van der Waals surface area (Å²) < 4.78 is 1.60. The fourth-order valence-corrected chi connectivity index (χ4v) is 2.65. The van der Waals surface area contributed by atoms with Crippen LogP contribution in [0.4, 0.5) is 0 Å². The van der Waals surface area contributed by atoms with Gasteiger partial charge in [0.2, 0.25) is 0 Å². The predicted molar refractivity (Wildman–Crippen MR) is 76.5 cm³/mol. The van der Waals surface area contributed by atoms with E-state index in [1.807, 2.05) is 0 Å². The molecule has 0 saturated heterocycles. The number of hydrogen-bond acceptors (Lipinski definition) is 2. The third kappa shape index (κ3) is 2.36. The number of hydrogen-bond donors (Lipinski definition) is 1. The number of aromatic nitrogens is 2. The van der Waals surface area contributed by atoms with Crippen LogP contribution in [0.2, 0.25) is 15.2 Å². The summed E-state index contributed by atoms with van der Waals surface area (Å²) in [7, 11) is 0. The molecule has 19 heavy (non-hydrogen) atoms. The lowest BCUT2D eigenvalue weighted by molar-refractivity contribution is 0.280. The molecule has 100 valence electrons. The van der Waals surface area contributed by atoms with Gasteiger partial charge in [0.25, 0.3) is 0 Å². The van der Waals surface area contributed by atoms with Gasteiger partial charge in [0.05, 0.1) is 28.0 Å². The van der Waals surface area contributed by atoms with Crippen molar-refractivity contribution in [2.45, 2.75) is 25.4 Å². The molecule has 3 rings (SSSR count). The Kier molecular flexibility index (Phi) is 3.48. The van der Waals surface area contributed by atoms with E-state index in [1.165, 1.54) is 0 Å². The lowest BCUT2D eigenvalue weighted by Crippen LogP contribution is -1.97. The van der Waals surface area contributed by atoms with Crippen LogP contribution in [0.3, 0.4) is 0 Å². The molecule has 1 fully saturated rings. The Morgan fingerprint density at radius 3 is 2.53 bits per heavy atom. The summed E-state index contributed by atoms with van der Waals surface area (Å²) in [6, 6.07) is 5.21. The molecule has 1 aliphatic carbocycles. The predicted octanol–water partition coefficient (Wildman–Crippen LogP) is 4.20. The van der Waals surface area contributed by atoms with Crippen molar-refractivity contribution >= 4 is 34.8 Å². The van der Waals surface area contributed by atoms with Crippen LogP contribution in [-0.4, -0.2) is 14.9 Å². The molecule has 0 amide bonds. The largest absolute Gasteiger partial charge is 0.391 e. The smallest absolute Gasteiger partial charge is 0.138 e. The lowest BCUT2D eigenvalue weighted by Gasteiger charge is -2.04. The monoisotopic (exact) mass is 316 g/mol. The van der Waals surface area contributed by atoms with E-state index in [9.17, 15) is 5.11 Å². The van der Waals surface area contributed by atoms with Crippen molar-refractivity contribution in [3.05, 3.63) is 44.7 Å². The number of aliphatic hydroxyl groups is 1. The first-order valence-corrected chi connectivity index (χ1v) is 7.08. The second kappa shape index (κ2) is 4.98. The average Bonchev–Trinajstić information content (AvgIpc) is 3.17. The van der Waals surface area contributed by atoms with Gasteiger partial charge < -0.3 is 5.11 Å². The van der Waals surface area contributed by atoms with Crippen LogP contribution in [0.1, 0.15) is 30.0 Å². The second-order valence-electron chi connectivity index (χ2n) is 4.60. The minimum atomic E-state index is -0.105. The van der Waals surface area contributed by atoms with Gasteiger partial charge in [-0.3, -0.25) is 0 Å². The molecule has 1 N–H and O–H groups in total. The van der Waals surface area contributed by atoms with E-state index in [0.717, 1.165) is 24.2 Å². The zero-order valence-electron chi connectivity index (χ0n) is 9.91. The lowest BCUT2D eigenvalue weighted by atomic mass is 10.2. The average molecular weight is 318 g/mol. The molecule has 0 spiro atoms. The van der Waals surface area contributed by atoms with E-state index < -0.39 is 0 Å². The number of rotatable bonds is 3. The molecule has 0 atom stereocenters. The van der Waals surface area contributed by atoms with E-state index in [4.69, 9.17) is 34.8 Å². The van der Waals surface area contributed by atoms with Gasteiger partial charge in [0, 0.05) is 11.5 Å². The van der Waals surface area contributed by atoms with Gasteiger partial charge >= 0.3 is 0 Å². The Hall–Kier alpha value is -0.740. The van der Waals surface area contributed by atoms with Crippen molar-refractivity contribution in [2.24, 2.45) is 0 Å². The van der Waals surface area contributed by atoms with Crippen molar-refractivity contribution in [3.63, 3.8) is 0 Å².